The maximum absolute atomic E-state index is 11.2. The maximum atomic E-state index is 11.2. The van der Waals surface area contributed by atoms with E-state index in [1.165, 1.54) is 12.2 Å². The Balaban J connectivity index is 0.000000720. The Hall–Kier alpha value is 0.270. The summed E-state index contributed by atoms with van der Waals surface area (Å²) in [6.45, 7) is 0.902. The highest BCUT2D eigenvalue weighted by Gasteiger charge is 2.37. The van der Waals surface area contributed by atoms with Crippen LogP contribution in [0, 0.1) is 0 Å². The number of piperidine rings is 1. The molecule has 2 saturated heterocycles. The summed E-state index contributed by atoms with van der Waals surface area (Å²) in [6.07, 6.45) is 2.70. The molecule has 1 unspecified atom stereocenters. The number of hydrogen-bond donors (Lipinski definition) is 1. The molecule has 0 aromatic rings. The van der Waals surface area contributed by atoms with Crippen molar-refractivity contribution in [2.24, 2.45) is 0 Å². The Morgan fingerprint density at radius 2 is 2.33 bits per heavy atom. The predicted octanol–water partition coefficient (Wildman–Crippen LogP) is 1.24. The molecule has 1 atom stereocenters. The minimum absolute atomic E-state index is 0. The fraction of sp³-hybridized carbons (Fsp3) is 0.875. The van der Waals surface area contributed by atoms with Crippen LogP contribution in [-0.4, -0.2) is 29.4 Å². The lowest BCUT2D eigenvalue weighted by molar-refractivity contribution is -0.121. The van der Waals surface area contributed by atoms with E-state index < -0.39 is 0 Å². The van der Waals surface area contributed by atoms with E-state index in [0.717, 1.165) is 25.1 Å². The van der Waals surface area contributed by atoms with Gasteiger partial charge in [-0.2, -0.15) is 11.8 Å². The number of nitrogens with one attached hydrogen (secondary N) is 1. The fourth-order valence-electron chi connectivity index (χ4n) is 1.88. The van der Waals surface area contributed by atoms with Gasteiger partial charge in [-0.15, -0.1) is 12.4 Å². The molecule has 0 aromatic heterocycles. The number of thioether (sulfide) groups is 1. The molecule has 0 saturated carbocycles. The van der Waals surface area contributed by atoms with Crippen LogP contribution >= 0.6 is 24.2 Å². The molecule has 2 fully saturated rings. The van der Waals surface area contributed by atoms with Crippen molar-refractivity contribution in [3.63, 3.8) is 0 Å². The van der Waals surface area contributed by atoms with Gasteiger partial charge in [-0.3, -0.25) is 4.79 Å². The van der Waals surface area contributed by atoms with Crippen molar-refractivity contribution in [2.75, 3.05) is 18.1 Å². The molecule has 0 radical (unpaired) electrons. The minimum Gasteiger partial charge on any atom is -0.310 e. The highest BCUT2D eigenvalue weighted by Crippen LogP contribution is 2.32. The Labute approximate surface area is 83.3 Å². The molecule has 1 N–H and O–H groups in total. The van der Waals surface area contributed by atoms with Crippen LogP contribution in [0.3, 0.4) is 0 Å². The van der Waals surface area contributed by atoms with Gasteiger partial charge < -0.3 is 5.32 Å². The van der Waals surface area contributed by atoms with Gasteiger partial charge in [0.2, 0.25) is 0 Å². The van der Waals surface area contributed by atoms with E-state index in [2.05, 4.69) is 5.32 Å². The first kappa shape index (κ1) is 10.4. The first-order valence-corrected chi connectivity index (χ1v) is 5.31. The van der Waals surface area contributed by atoms with Gasteiger partial charge in [0.15, 0.2) is 0 Å². The first-order chi connectivity index (χ1) is 5.31. The SMILES string of the molecule is Cl.O=C1CCNC2(CCSC2)C1. The quantitative estimate of drug-likeness (QED) is 0.648. The van der Waals surface area contributed by atoms with Crippen LogP contribution in [0.2, 0.25) is 0 Å². The Bertz CT molecular complexity index is 180. The normalized spacial score (nSPS) is 35.2. The van der Waals surface area contributed by atoms with Crippen molar-refractivity contribution in [2.45, 2.75) is 24.8 Å². The lowest BCUT2D eigenvalue weighted by Gasteiger charge is -2.32. The van der Waals surface area contributed by atoms with Crippen LogP contribution in [-0.2, 0) is 4.79 Å². The standard InChI is InChI=1S/C8H13NOS.ClH/c10-7-1-3-9-8(5-7)2-4-11-6-8;/h9H,1-6H2;1H. The van der Waals surface area contributed by atoms with E-state index in [4.69, 9.17) is 0 Å². The third-order valence-corrected chi connectivity index (χ3v) is 3.79. The largest absolute Gasteiger partial charge is 0.310 e. The second kappa shape index (κ2) is 3.99. The highest BCUT2D eigenvalue weighted by atomic mass is 35.5. The Kier molecular flexibility index (Phi) is 3.44. The molecule has 2 rings (SSSR count). The number of carbonyl (C=O) groups excluding carboxylic acids is 1. The molecule has 0 aliphatic carbocycles. The Morgan fingerprint density at radius 3 is 2.92 bits per heavy atom. The summed E-state index contributed by atoms with van der Waals surface area (Å²) >= 11 is 1.97. The first-order valence-electron chi connectivity index (χ1n) is 4.15. The third-order valence-electron chi connectivity index (χ3n) is 2.54. The molecule has 0 amide bonds. The average molecular weight is 208 g/mol. The summed E-state index contributed by atoms with van der Waals surface area (Å²) in [7, 11) is 0. The number of ketones is 1. The van der Waals surface area contributed by atoms with E-state index in [0.29, 0.717) is 5.78 Å². The van der Waals surface area contributed by atoms with Gasteiger partial charge in [0, 0.05) is 30.7 Å². The second-order valence-electron chi connectivity index (χ2n) is 3.48. The van der Waals surface area contributed by atoms with Crippen LogP contribution in [0.25, 0.3) is 0 Å². The average Bonchev–Trinajstić information content (AvgIpc) is 2.37. The molecule has 2 aliphatic heterocycles. The van der Waals surface area contributed by atoms with Crippen molar-refractivity contribution >= 4 is 30.0 Å². The van der Waals surface area contributed by atoms with Gasteiger partial charge in [-0.25, -0.2) is 0 Å². The van der Waals surface area contributed by atoms with Crippen molar-refractivity contribution in [3.8, 4) is 0 Å². The molecule has 1 spiro atoms. The monoisotopic (exact) mass is 207 g/mol. The molecule has 0 bridgehead atoms. The van der Waals surface area contributed by atoms with E-state index in [1.807, 2.05) is 11.8 Å². The van der Waals surface area contributed by atoms with Crippen molar-refractivity contribution < 1.29 is 4.79 Å². The molecule has 2 aliphatic rings. The zero-order chi connectivity index (χ0) is 7.73. The van der Waals surface area contributed by atoms with Crippen molar-refractivity contribution in [1.29, 1.82) is 0 Å². The zero-order valence-electron chi connectivity index (χ0n) is 6.97. The highest BCUT2D eigenvalue weighted by molar-refractivity contribution is 7.99. The number of carbonyl (C=O) groups is 1. The fourth-order valence-corrected chi connectivity index (χ4v) is 3.30. The van der Waals surface area contributed by atoms with Gasteiger partial charge in [0.1, 0.15) is 5.78 Å². The van der Waals surface area contributed by atoms with E-state index >= 15 is 0 Å². The molecule has 12 heavy (non-hydrogen) atoms. The lowest BCUT2D eigenvalue weighted by atomic mass is 9.88. The molecule has 0 aromatic carbocycles. The van der Waals surface area contributed by atoms with Crippen LogP contribution in [0.1, 0.15) is 19.3 Å². The predicted molar refractivity (Wildman–Crippen MR) is 54.2 cm³/mol. The maximum Gasteiger partial charge on any atom is 0.136 e. The van der Waals surface area contributed by atoms with E-state index in [9.17, 15) is 4.79 Å². The summed E-state index contributed by atoms with van der Waals surface area (Å²) in [5, 5.41) is 3.48. The molecule has 70 valence electrons. The topological polar surface area (TPSA) is 29.1 Å². The number of halogens is 1. The molecule has 2 nitrogen and oxygen atoms in total. The third kappa shape index (κ3) is 1.95. The molecular weight excluding hydrogens is 194 g/mol. The summed E-state index contributed by atoms with van der Waals surface area (Å²) in [6, 6.07) is 0. The van der Waals surface area contributed by atoms with Crippen LogP contribution in [0.4, 0.5) is 0 Å². The second-order valence-corrected chi connectivity index (χ2v) is 4.58. The number of Topliss-reactive ketones (excluding diaryl/α,β-unsaturated/α-hetero) is 1. The van der Waals surface area contributed by atoms with Gasteiger partial charge in [-0.1, -0.05) is 0 Å². The van der Waals surface area contributed by atoms with Gasteiger partial charge >= 0.3 is 0 Å². The lowest BCUT2D eigenvalue weighted by Crippen LogP contribution is -2.51. The summed E-state index contributed by atoms with van der Waals surface area (Å²) < 4.78 is 0. The van der Waals surface area contributed by atoms with Crippen LogP contribution < -0.4 is 5.32 Å². The smallest absolute Gasteiger partial charge is 0.136 e. The van der Waals surface area contributed by atoms with Gasteiger partial charge in [0.05, 0.1) is 0 Å². The number of rotatable bonds is 0. The Morgan fingerprint density at radius 1 is 1.50 bits per heavy atom. The molecule has 4 heteroatoms. The summed E-state index contributed by atoms with van der Waals surface area (Å²) in [5.41, 5.74) is 0.208. The van der Waals surface area contributed by atoms with Gasteiger partial charge in [0.25, 0.3) is 0 Å². The summed E-state index contributed by atoms with van der Waals surface area (Å²) in [5.74, 6) is 2.81. The minimum atomic E-state index is 0. The number of hydrogen-bond acceptors (Lipinski definition) is 3. The summed E-state index contributed by atoms with van der Waals surface area (Å²) in [4.78, 5) is 11.2. The van der Waals surface area contributed by atoms with Crippen molar-refractivity contribution in [3.05, 3.63) is 0 Å². The molecular formula is C8H14ClNOS. The van der Waals surface area contributed by atoms with E-state index in [-0.39, 0.29) is 17.9 Å². The zero-order valence-corrected chi connectivity index (χ0v) is 8.60. The molecule has 2 heterocycles. The van der Waals surface area contributed by atoms with Gasteiger partial charge in [-0.05, 0) is 12.2 Å². The van der Waals surface area contributed by atoms with Crippen LogP contribution in [0.15, 0.2) is 0 Å². The van der Waals surface area contributed by atoms with E-state index in [1.54, 1.807) is 0 Å². The van der Waals surface area contributed by atoms with Crippen LogP contribution in [0.5, 0.6) is 0 Å². The van der Waals surface area contributed by atoms with Crippen molar-refractivity contribution in [1.82, 2.24) is 5.32 Å².